The van der Waals surface area contributed by atoms with E-state index in [0.29, 0.717) is 12.1 Å². The fourth-order valence-electron chi connectivity index (χ4n) is 2.67. The molecule has 0 fully saturated rings. The van der Waals surface area contributed by atoms with Crippen molar-refractivity contribution in [3.05, 3.63) is 77.9 Å². The van der Waals surface area contributed by atoms with Gasteiger partial charge in [0.1, 0.15) is 5.75 Å². The Morgan fingerprint density at radius 1 is 0.963 bits per heavy atom. The summed E-state index contributed by atoms with van der Waals surface area (Å²) in [6.45, 7) is 1.91. The molecule has 0 radical (unpaired) electrons. The molecule has 1 atom stereocenters. The van der Waals surface area contributed by atoms with Crippen LogP contribution in [0, 0.1) is 0 Å². The highest BCUT2D eigenvalue weighted by molar-refractivity contribution is 5.96. The molecule has 0 heterocycles. The summed E-state index contributed by atoms with van der Waals surface area (Å²) in [5.74, 6) is -0.115. The molecule has 3 aromatic carbocycles. The first-order valence-electron chi connectivity index (χ1n) is 8.67. The third-order valence-electron chi connectivity index (χ3n) is 4.26. The molecule has 0 saturated carbocycles. The molecule has 5 nitrogen and oxygen atoms in total. The number of benzene rings is 3. The van der Waals surface area contributed by atoms with Crippen LogP contribution in [0.1, 0.15) is 22.8 Å². The predicted octanol–water partition coefficient (Wildman–Crippen LogP) is 3.71. The van der Waals surface area contributed by atoms with Gasteiger partial charge < -0.3 is 14.8 Å². The number of fused-ring (bicyclic) bond motifs is 1. The largest absolute Gasteiger partial charge is 0.497 e. The summed E-state index contributed by atoms with van der Waals surface area (Å²) in [4.78, 5) is 24.5. The molecule has 5 heteroatoms. The molecule has 0 spiro atoms. The maximum absolute atomic E-state index is 12.3. The van der Waals surface area contributed by atoms with Crippen LogP contribution in [0.3, 0.4) is 0 Å². The van der Waals surface area contributed by atoms with E-state index in [1.54, 1.807) is 26.2 Å². The van der Waals surface area contributed by atoms with Gasteiger partial charge >= 0.3 is 5.97 Å². The number of esters is 1. The molecule has 0 aromatic heterocycles. The van der Waals surface area contributed by atoms with E-state index >= 15 is 0 Å². The van der Waals surface area contributed by atoms with E-state index in [9.17, 15) is 9.59 Å². The van der Waals surface area contributed by atoms with E-state index in [0.717, 1.165) is 22.1 Å². The van der Waals surface area contributed by atoms with E-state index in [1.807, 2.05) is 54.6 Å². The zero-order valence-corrected chi connectivity index (χ0v) is 15.3. The Morgan fingerprint density at radius 3 is 2.37 bits per heavy atom. The van der Waals surface area contributed by atoms with Crippen molar-refractivity contribution in [3.63, 3.8) is 0 Å². The maximum atomic E-state index is 12.3. The smallest absolute Gasteiger partial charge is 0.338 e. The average Bonchev–Trinajstić information content (AvgIpc) is 2.71. The van der Waals surface area contributed by atoms with Crippen molar-refractivity contribution < 1.29 is 19.1 Å². The van der Waals surface area contributed by atoms with Crippen LogP contribution in [0.4, 0.5) is 0 Å². The van der Waals surface area contributed by atoms with Gasteiger partial charge in [0.25, 0.3) is 5.91 Å². The summed E-state index contributed by atoms with van der Waals surface area (Å²) in [6, 6.07) is 20.5. The number of hydrogen-bond acceptors (Lipinski definition) is 4. The first-order chi connectivity index (χ1) is 13.1. The molecular formula is C22H21NO4. The molecule has 138 valence electrons. The molecular weight excluding hydrogens is 342 g/mol. The fourth-order valence-corrected chi connectivity index (χ4v) is 2.67. The zero-order valence-electron chi connectivity index (χ0n) is 15.3. The van der Waals surface area contributed by atoms with Crippen LogP contribution in [0.2, 0.25) is 0 Å². The molecule has 1 amide bonds. The summed E-state index contributed by atoms with van der Waals surface area (Å²) in [7, 11) is 1.60. The van der Waals surface area contributed by atoms with Crippen LogP contribution < -0.4 is 10.1 Å². The predicted molar refractivity (Wildman–Crippen MR) is 104 cm³/mol. The Bertz CT molecular complexity index is 950. The lowest BCUT2D eigenvalue weighted by atomic mass is 10.1. The second-order valence-corrected chi connectivity index (χ2v) is 6.18. The number of rotatable bonds is 6. The minimum absolute atomic E-state index is 0.347. The summed E-state index contributed by atoms with van der Waals surface area (Å²) in [5.41, 5.74) is 1.35. The van der Waals surface area contributed by atoms with Gasteiger partial charge in [-0.3, -0.25) is 4.79 Å². The number of carbonyl (C=O) groups is 2. The number of hydrogen-bond donors (Lipinski definition) is 1. The zero-order chi connectivity index (χ0) is 19.2. The molecule has 0 saturated heterocycles. The topological polar surface area (TPSA) is 64.6 Å². The highest BCUT2D eigenvalue weighted by Gasteiger charge is 2.18. The fraction of sp³-hybridized carbons (Fsp3) is 0.182. The molecule has 0 aliphatic heterocycles. The molecule has 1 N–H and O–H groups in total. The SMILES string of the molecule is COc1ccc(CNC(=O)[C@@H](C)OC(=O)c2ccc3ccccc3c2)cc1. The van der Waals surface area contributed by atoms with Gasteiger partial charge in [0.2, 0.25) is 0 Å². The second-order valence-electron chi connectivity index (χ2n) is 6.18. The number of amides is 1. The van der Waals surface area contributed by atoms with Gasteiger partial charge in [0.05, 0.1) is 12.7 Å². The van der Waals surface area contributed by atoms with Crippen LogP contribution in [-0.4, -0.2) is 25.1 Å². The van der Waals surface area contributed by atoms with Gasteiger partial charge in [0.15, 0.2) is 6.10 Å². The van der Waals surface area contributed by atoms with Gasteiger partial charge in [-0.15, -0.1) is 0 Å². The second kappa shape index (κ2) is 8.36. The van der Waals surface area contributed by atoms with E-state index in [-0.39, 0.29) is 5.91 Å². The Hall–Kier alpha value is -3.34. The Kier molecular flexibility index (Phi) is 5.71. The lowest BCUT2D eigenvalue weighted by Gasteiger charge is -2.14. The van der Waals surface area contributed by atoms with Gasteiger partial charge in [0, 0.05) is 6.54 Å². The third-order valence-corrected chi connectivity index (χ3v) is 4.26. The normalized spacial score (nSPS) is 11.6. The quantitative estimate of drug-likeness (QED) is 0.678. The summed E-state index contributed by atoms with van der Waals surface area (Å²) < 4.78 is 10.4. The maximum Gasteiger partial charge on any atom is 0.338 e. The minimum atomic E-state index is -0.887. The number of methoxy groups -OCH3 is 1. The summed E-state index contributed by atoms with van der Waals surface area (Å²) in [5, 5.41) is 4.75. The van der Waals surface area contributed by atoms with Crippen molar-refractivity contribution in [2.24, 2.45) is 0 Å². The van der Waals surface area contributed by atoms with Crippen molar-refractivity contribution in [2.75, 3.05) is 7.11 Å². The van der Waals surface area contributed by atoms with Gasteiger partial charge in [-0.2, -0.15) is 0 Å². The van der Waals surface area contributed by atoms with E-state index in [1.165, 1.54) is 0 Å². The van der Waals surface area contributed by atoms with Crippen molar-refractivity contribution in [2.45, 2.75) is 19.6 Å². The monoisotopic (exact) mass is 363 g/mol. The molecule has 0 unspecified atom stereocenters. The van der Waals surface area contributed by atoms with E-state index in [4.69, 9.17) is 9.47 Å². The van der Waals surface area contributed by atoms with Crippen LogP contribution in [0.25, 0.3) is 10.8 Å². The summed E-state index contributed by atoms with van der Waals surface area (Å²) in [6.07, 6.45) is -0.887. The van der Waals surface area contributed by atoms with E-state index in [2.05, 4.69) is 5.32 Å². The Morgan fingerprint density at radius 2 is 1.67 bits per heavy atom. The third kappa shape index (κ3) is 4.64. The van der Waals surface area contributed by atoms with Crippen molar-refractivity contribution in [3.8, 4) is 5.75 Å². The molecule has 0 aliphatic rings. The minimum Gasteiger partial charge on any atom is -0.497 e. The van der Waals surface area contributed by atoms with Crippen molar-refractivity contribution >= 4 is 22.6 Å². The average molecular weight is 363 g/mol. The number of nitrogens with one attached hydrogen (secondary N) is 1. The molecule has 27 heavy (non-hydrogen) atoms. The lowest BCUT2D eigenvalue weighted by molar-refractivity contribution is -0.129. The van der Waals surface area contributed by atoms with Crippen LogP contribution >= 0.6 is 0 Å². The van der Waals surface area contributed by atoms with Crippen LogP contribution in [0.5, 0.6) is 5.75 Å². The Balaban J connectivity index is 1.56. The van der Waals surface area contributed by atoms with E-state index < -0.39 is 12.1 Å². The lowest BCUT2D eigenvalue weighted by Crippen LogP contribution is -2.35. The molecule has 3 rings (SSSR count). The number of carbonyl (C=O) groups excluding carboxylic acids is 2. The number of ether oxygens (including phenoxy) is 2. The molecule has 0 bridgehead atoms. The molecule has 3 aromatic rings. The Labute approximate surface area is 157 Å². The first-order valence-corrected chi connectivity index (χ1v) is 8.67. The highest BCUT2D eigenvalue weighted by Crippen LogP contribution is 2.17. The van der Waals surface area contributed by atoms with Crippen LogP contribution in [-0.2, 0) is 16.1 Å². The first kappa shape index (κ1) is 18.5. The van der Waals surface area contributed by atoms with Crippen molar-refractivity contribution in [1.82, 2.24) is 5.32 Å². The van der Waals surface area contributed by atoms with Gasteiger partial charge in [-0.05, 0) is 47.5 Å². The van der Waals surface area contributed by atoms with Crippen LogP contribution in [0.15, 0.2) is 66.7 Å². The standard InChI is InChI=1S/C22H21NO4/c1-15(21(24)23-14-16-7-11-20(26-2)12-8-16)27-22(25)19-10-9-17-5-3-4-6-18(17)13-19/h3-13,15H,14H2,1-2H3,(H,23,24)/t15-/m1/s1. The summed E-state index contributed by atoms with van der Waals surface area (Å²) >= 11 is 0. The van der Waals surface area contributed by atoms with Gasteiger partial charge in [-0.1, -0.05) is 42.5 Å². The molecule has 0 aliphatic carbocycles. The van der Waals surface area contributed by atoms with Crippen molar-refractivity contribution in [1.29, 1.82) is 0 Å². The highest BCUT2D eigenvalue weighted by atomic mass is 16.5. The van der Waals surface area contributed by atoms with Gasteiger partial charge in [-0.25, -0.2) is 4.79 Å².